The minimum atomic E-state index is -0.201. The number of benzene rings is 1. The Morgan fingerprint density at radius 1 is 1.26 bits per heavy atom. The van der Waals surface area contributed by atoms with Crippen LogP contribution < -0.4 is 26.8 Å². The lowest BCUT2D eigenvalue weighted by Crippen LogP contribution is -2.61. The van der Waals surface area contributed by atoms with Gasteiger partial charge >= 0.3 is 0 Å². The largest absolute Gasteiger partial charge is 0.339 e. The first-order valence-corrected chi connectivity index (χ1v) is 8.59. The third kappa shape index (κ3) is 3.94. The van der Waals surface area contributed by atoms with Gasteiger partial charge in [-0.15, -0.1) is 0 Å². The summed E-state index contributed by atoms with van der Waals surface area (Å²) in [6.07, 6.45) is 2.99. The molecule has 1 aromatic carbocycles. The van der Waals surface area contributed by atoms with Crippen molar-refractivity contribution in [3.05, 3.63) is 59.9 Å². The molecule has 0 aliphatic carbocycles. The van der Waals surface area contributed by atoms with Gasteiger partial charge in [0.05, 0.1) is 12.5 Å². The van der Waals surface area contributed by atoms with Gasteiger partial charge in [-0.25, -0.2) is 10.4 Å². The van der Waals surface area contributed by atoms with E-state index >= 15 is 0 Å². The molecule has 4 rings (SSSR count). The van der Waals surface area contributed by atoms with Gasteiger partial charge in [-0.2, -0.15) is 0 Å². The molecular weight excluding hydrogens is 346 g/mol. The number of guanidine groups is 1. The van der Waals surface area contributed by atoms with Gasteiger partial charge in [0.25, 0.3) is 5.91 Å². The highest BCUT2D eigenvalue weighted by Crippen LogP contribution is 2.14. The molecule has 9 nitrogen and oxygen atoms in total. The molecule has 2 aliphatic heterocycles. The average Bonchev–Trinajstić information content (AvgIpc) is 3.17. The van der Waals surface area contributed by atoms with Crippen LogP contribution in [0.1, 0.15) is 15.9 Å². The van der Waals surface area contributed by atoms with Gasteiger partial charge in [-0.3, -0.25) is 25.3 Å². The highest BCUT2D eigenvalue weighted by atomic mass is 16.2. The topological polar surface area (TPSA) is 120 Å². The number of amides is 2. The molecule has 1 aromatic heterocycles. The van der Waals surface area contributed by atoms with Gasteiger partial charge in [0, 0.05) is 30.2 Å². The first-order valence-electron chi connectivity index (χ1n) is 8.59. The van der Waals surface area contributed by atoms with Crippen LogP contribution in [0.15, 0.2) is 53.8 Å². The van der Waals surface area contributed by atoms with Crippen molar-refractivity contribution in [3.8, 4) is 0 Å². The van der Waals surface area contributed by atoms with Crippen LogP contribution in [-0.2, 0) is 11.3 Å². The van der Waals surface area contributed by atoms with Crippen molar-refractivity contribution in [2.45, 2.75) is 12.7 Å². The molecule has 2 aliphatic rings. The van der Waals surface area contributed by atoms with E-state index < -0.39 is 0 Å². The first-order chi connectivity index (χ1) is 13.2. The normalized spacial score (nSPS) is 22.7. The molecular formula is C18H19N7O2. The van der Waals surface area contributed by atoms with E-state index in [-0.39, 0.29) is 23.9 Å². The maximum Gasteiger partial charge on any atom is 0.255 e. The number of anilines is 1. The molecule has 2 fully saturated rings. The molecule has 0 spiro atoms. The molecule has 2 atom stereocenters. The zero-order valence-electron chi connectivity index (χ0n) is 14.4. The number of aromatic nitrogens is 1. The molecule has 2 amide bonds. The Morgan fingerprint density at radius 2 is 2.11 bits per heavy atom. The van der Waals surface area contributed by atoms with Crippen molar-refractivity contribution in [1.82, 2.24) is 26.5 Å². The van der Waals surface area contributed by atoms with Crippen molar-refractivity contribution in [1.29, 1.82) is 0 Å². The van der Waals surface area contributed by atoms with Crippen molar-refractivity contribution in [3.63, 3.8) is 0 Å². The van der Waals surface area contributed by atoms with E-state index in [0.717, 1.165) is 5.56 Å². The fourth-order valence-electron chi connectivity index (χ4n) is 2.98. The van der Waals surface area contributed by atoms with E-state index in [1.807, 2.05) is 24.3 Å². The average molecular weight is 365 g/mol. The van der Waals surface area contributed by atoms with E-state index in [4.69, 9.17) is 0 Å². The second kappa shape index (κ2) is 7.52. The Bertz CT molecular complexity index is 884. The number of hydrogen-bond acceptors (Lipinski definition) is 6. The number of nitrogens with zero attached hydrogens (tertiary/aromatic N) is 2. The number of hydrazine groups is 1. The second-order valence-corrected chi connectivity index (χ2v) is 6.30. The molecule has 2 aromatic rings. The number of carbonyl (C=O) groups excluding carboxylic acids is 2. The highest BCUT2D eigenvalue weighted by Gasteiger charge is 2.37. The minimum Gasteiger partial charge on any atom is -0.339 e. The predicted octanol–water partition coefficient (Wildman–Crippen LogP) is -0.0406. The Labute approximate surface area is 155 Å². The number of rotatable bonds is 4. The van der Waals surface area contributed by atoms with Gasteiger partial charge in [0.2, 0.25) is 5.91 Å². The fraction of sp³-hybridized carbons (Fsp3) is 0.222. The summed E-state index contributed by atoms with van der Waals surface area (Å²) in [6.45, 7) is 0.947. The molecule has 2 saturated heterocycles. The smallest absolute Gasteiger partial charge is 0.255 e. The molecule has 138 valence electrons. The highest BCUT2D eigenvalue weighted by molar-refractivity contribution is 6.04. The zero-order chi connectivity index (χ0) is 18.6. The fourth-order valence-corrected chi connectivity index (χ4v) is 2.98. The lowest BCUT2D eigenvalue weighted by molar-refractivity contribution is -0.124. The summed E-state index contributed by atoms with van der Waals surface area (Å²) in [5.41, 5.74) is 8.09. The summed E-state index contributed by atoms with van der Waals surface area (Å²) in [5.74, 6) is 0.0145. The van der Waals surface area contributed by atoms with Gasteiger partial charge in [-0.1, -0.05) is 12.1 Å². The molecule has 3 heterocycles. The number of carbonyl (C=O) groups is 2. The van der Waals surface area contributed by atoms with Crippen LogP contribution in [0.2, 0.25) is 0 Å². The molecule has 0 radical (unpaired) electrons. The first kappa shape index (κ1) is 17.1. The molecule has 0 bridgehead atoms. The van der Waals surface area contributed by atoms with Gasteiger partial charge < -0.3 is 10.6 Å². The van der Waals surface area contributed by atoms with Crippen LogP contribution in [0.4, 0.5) is 5.69 Å². The lowest BCUT2D eigenvalue weighted by atomic mass is 10.1. The number of pyridine rings is 1. The van der Waals surface area contributed by atoms with Gasteiger partial charge in [0.15, 0.2) is 5.96 Å². The van der Waals surface area contributed by atoms with Crippen LogP contribution in [0.3, 0.4) is 0 Å². The van der Waals surface area contributed by atoms with E-state index in [1.165, 1.54) is 0 Å². The Balaban J connectivity index is 1.41. The van der Waals surface area contributed by atoms with Gasteiger partial charge in [0.1, 0.15) is 6.17 Å². The number of hydrogen-bond donors (Lipinski definition) is 5. The summed E-state index contributed by atoms with van der Waals surface area (Å²) in [7, 11) is 0. The predicted molar refractivity (Wildman–Crippen MR) is 99.5 cm³/mol. The Kier molecular flexibility index (Phi) is 4.77. The van der Waals surface area contributed by atoms with Crippen molar-refractivity contribution < 1.29 is 9.59 Å². The minimum absolute atomic E-state index is 0.0617. The maximum atomic E-state index is 12.2. The summed E-state index contributed by atoms with van der Waals surface area (Å²) < 4.78 is 0. The monoisotopic (exact) mass is 365 g/mol. The van der Waals surface area contributed by atoms with Crippen molar-refractivity contribution in [2.24, 2.45) is 10.9 Å². The Hall–Kier alpha value is -3.30. The van der Waals surface area contributed by atoms with Crippen LogP contribution in [0.5, 0.6) is 0 Å². The molecule has 0 saturated carbocycles. The Morgan fingerprint density at radius 3 is 2.96 bits per heavy atom. The number of nitrogens with one attached hydrogen (secondary N) is 5. The van der Waals surface area contributed by atoms with E-state index in [9.17, 15) is 9.59 Å². The van der Waals surface area contributed by atoms with Crippen LogP contribution in [0.25, 0.3) is 0 Å². The van der Waals surface area contributed by atoms with E-state index in [1.54, 1.807) is 24.5 Å². The number of aliphatic imine (C=N–C) groups is 1. The molecule has 5 N–H and O–H groups in total. The zero-order valence-corrected chi connectivity index (χ0v) is 14.4. The van der Waals surface area contributed by atoms with E-state index in [0.29, 0.717) is 30.3 Å². The number of fused-ring (bicyclic) bond motifs is 1. The standard InChI is InChI=1S/C18H19N7O2/c26-16(12-4-6-19-7-5-12)22-13-3-1-2-11(8-13)9-20-18-23-15-14(10-21-25-15)17(27)24-18/h1-8,14-15,21,25H,9-10H2,(H,22,26)(H2,20,23,24,27). The SMILES string of the molecule is O=C(Nc1cccc(CN=C2NC(=O)C3CNNC3N2)c1)c1ccncc1. The van der Waals surface area contributed by atoms with Crippen LogP contribution in [-0.4, -0.2) is 35.5 Å². The lowest BCUT2D eigenvalue weighted by Gasteiger charge is -2.27. The summed E-state index contributed by atoms with van der Waals surface area (Å²) in [4.78, 5) is 32.6. The van der Waals surface area contributed by atoms with Crippen molar-refractivity contribution >= 4 is 23.5 Å². The molecule has 27 heavy (non-hydrogen) atoms. The quantitative estimate of drug-likeness (QED) is 0.519. The third-order valence-electron chi connectivity index (χ3n) is 4.40. The second-order valence-electron chi connectivity index (χ2n) is 6.30. The molecule has 9 heteroatoms. The maximum absolute atomic E-state index is 12.2. The summed E-state index contributed by atoms with van der Waals surface area (Å²) >= 11 is 0. The van der Waals surface area contributed by atoms with Crippen molar-refractivity contribution in [2.75, 3.05) is 11.9 Å². The van der Waals surface area contributed by atoms with Crippen LogP contribution >= 0.6 is 0 Å². The van der Waals surface area contributed by atoms with E-state index in [2.05, 4.69) is 36.8 Å². The summed E-state index contributed by atoms with van der Waals surface area (Å²) in [5, 5.41) is 8.78. The third-order valence-corrected chi connectivity index (χ3v) is 4.40. The van der Waals surface area contributed by atoms with Crippen LogP contribution in [0, 0.1) is 5.92 Å². The summed E-state index contributed by atoms with van der Waals surface area (Å²) in [6, 6.07) is 10.7. The molecule has 2 unspecified atom stereocenters. The van der Waals surface area contributed by atoms with Gasteiger partial charge in [-0.05, 0) is 29.8 Å².